The van der Waals surface area contributed by atoms with E-state index in [1.165, 1.54) is 12.7 Å². The molecule has 0 spiro atoms. The average Bonchev–Trinajstić information content (AvgIpc) is 2.42. The van der Waals surface area contributed by atoms with Crippen molar-refractivity contribution >= 4 is 5.97 Å². The van der Waals surface area contributed by atoms with Crippen LogP contribution < -0.4 is 10.1 Å². The number of rotatable bonds is 7. The van der Waals surface area contributed by atoms with E-state index in [0.717, 1.165) is 24.3 Å². The van der Waals surface area contributed by atoms with Gasteiger partial charge in [-0.25, -0.2) is 0 Å². The highest BCUT2D eigenvalue weighted by molar-refractivity contribution is 5.75. The summed E-state index contributed by atoms with van der Waals surface area (Å²) >= 11 is 0. The van der Waals surface area contributed by atoms with Crippen LogP contribution >= 0.6 is 0 Å². The van der Waals surface area contributed by atoms with Gasteiger partial charge < -0.3 is 14.8 Å². The van der Waals surface area contributed by atoms with Gasteiger partial charge in [-0.1, -0.05) is 19.1 Å². The van der Waals surface area contributed by atoms with Crippen molar-refractivity contribution in [3.8, 4) is 5.75 Å². The molecule has 1 aromatic carbocycles. The molecule has 0 aliphatic rings. The quantitative estimate of drug-likeness (QED) is 0.768. The highest BCUT2D eigenvalue weighted by Crippen LogP contribution is 2.20. The fraction of sp³-hybridized carbons (Fsp3) is 0.533. The summed E-state index contributed by atoms with van der Waals surface area (Å²) in [4.78, 5) is 11.6. The Bertz CT molecular complexity index is 418. The van der Waals surface area contributed by atoms with Gasteiger partial charge in [0.2, 0.25) is 0 Å². The fourth-order valence-corrected chi connectivity index (χ4v) is 1.72. The molecule has 1 atom stereocenters. The zero-order valence-electron chi connectivity index (χ0n) is 12.2. The maximum atomic E-state index is 11.6. The van der Waals surface area contributed by atoms with E-state index in [-0.39, 0.29) is 12.6 Å². The molecule has 0 saturated carbocycles. The lowest BCUT2D eigenvalue weighted by Crippen LogP contribution is -2.42. The summed E-state index contributed by atoms with van der Waals surface area (Å²) < 4.78 is 10.5. The maximum absolute atomic E-state index is 11.6. The van der Waals surface area contributed by atoms with Crippen LogP contribution in [-0.4, -0.2) is 32.3 Å². The van der Waals surface area contributed by atoms with Gasteiger partial charge in [-0.3, -0.25) is 4.79 Å². The molecule has 1 aromatic rings. The van der Waals surface area contributed by atoms with Crippen molar-refractivity contribution in [1.29, 1.82) is 0 Å². The van der Waals surface area contributed by atoms with Crippen molar-refractivity contribution in [2.75, 3.05) is 20.3 Å². The zero-order chi connectivity index (χ0) is 14.3. The summed E-state index contributed by atoms with van der Waals surface area (Å²) in [5.41, 5.74) is 2.27. The van der Waals surface area contributed by atoms with E-state index in [2.05, 4.69) is 5.32 Å². The van der Waals surface area contributed by atoms with Crippen LogP contribution in [0.25, 0.3) is 0 Å². The normalized spacial score (nSPS) is 12.0. The van der Waals surface area contributed by atoms with Gasteiger partial charge >= 0.3 is 5.97 Å². The number of carbonyl (C=O) groups is 1. The Labute approximate surface area is 115 Å². The van der Waals surface area contributed by atoms with Gasteiger partial charge in [-0.05, 0) is 44.0 Å². The molecule has 0 saturated heterocycles. The van der Waals surface area contributed by atoms with E-state index in [9.17, 15) is 4.79 Å². The van der Waals surface area contributed by atoms with Gasteiger partial charge in [-0.2, -0.15) is 0 Å². The SMILES string of the molecule is CCCNC(COc1cccc(C)c1C)C(=O)OC. The van der Waals surface area contributed by atoms with Gasteiger partial charge in [0.15, 0.2) is 0 Å². The van der Waals surface area contributed by atoms with Gasteiger partial charge in [0.1, 0.15) is 18.4 Å². The van der Waals surface area contributed by atoms with Crippen molar-refractivity contribution in [3.05, 3.63) is 29.3 Å². The van der Waals surface area contributed by atoms with Crippen molar-refractivity contribution in [1.82, 2.24) is 5.32 Å². The molecule has 1 rings (SSSR count). The molecule has 0 heterocycles. The first-order chi connectivity index (χ1) is 9.10. The summed E-state index contributed by atoms with van der Waals surface area (Å²) in [5.74, 6) is 0.519. The molecule has 1 N–H and O–H groups in total. The third kappa shape index (κ3) is 4.56. The van der Waals surface area contributed by atoms with Gasteiger partial charge in [0, 0.05) is 0 Å². The number of benzene rings is 1. The van der Waals surface area contributed by atoms with E-state index < -0.39 is 6.04 Å². The highest BCUT2D eigenvalue weighted by Gasteiger charge is 2.19. The Morgan fingerprint density at radius 1 is 1.37 bits per heavy atom. The average molecular weight is 265 g/mol. The number of methoxy groups -OCH3 is 1. The highest BCUT2D eigenvalue weighted by atomic mass is 16.5. The first kappa shape index (κ1) is 15.5. The largest absolute Gasteiger partial charge is 0.491 e. The third-order valence-corrected chi connectivity index (χ3v) is 3.09. The number of esters is 1. The molecule has 0 aliphatic heterocycles. The molecule has 0 fully saturated rings. The molecular formula is C15H23NO3. The first-order valence-electron chi connectivity index (χ1n) is 6.60. The van der Waals surface area contributed by atoms with E-state index in [4.69, 9.17) is 9.47 Å². The molecule has 4 nitrogen and oxygen atoms in total. The Kier molecular flexibility index (Phi) is 6.36. The number of carbonyl (C=O) groups excluding carboxylic acids is 1. The smallest absolute Gasteiger partial charge is 0.326 e. The molecule has 0 amide bonds. The molecule has 0 radical (unpaired) electrons. The Morgan fingerprint density at radius 3 is 2.74 bits per heavy atom. The predicted molar refractivity (Wildman–Crippen MR) is 75.5 cm³/mol. The van der Waals surface area contributed by atoms with Crippen LogP contribution in [0.3, 0.4) is 0 Å². The number of nitrogens with one attached hydrogen (secondary N) is 1. The van der Waals surface area contributed by atoms with E-state index in [0.29, 0.717) is 0 Å². The first-order valence-corrected chi connectivity index (χ1v) is 6.60. The molecular weight excluding hydrogens is 242 g/mol. The van der Waals surface area contributed by atoms with E-state index in [1.54, 1.807) is 0 Å². The van der Waals surface area contributed by atoms with Crippen LogP contribution in [0.1, 0.15) is 24.5 Å². The number of hydrogen-bond donors (Lipinski definition) is 1. The minimum atomic E-state index is -0.426. The molecule has 0 bridgehead atoms. The molecule has 0 aliphatic carbocycles. The van der Waals surface area contributed by atoms with Crippen LogP contribution in [0, 0.1) is 13.8 Å². The second kappa shape index (κ2) is 7.79. The Hall–Kier alpha value is -1.55. The van der Waals surface area contributed by atoms with Crippen LogP contribution in [0.4, 0.5) is 0 Å². The molecule has 4 heteroatoms. The Balaban J connectivity index is 2.64. The van der Waals surface area contributed by atoms with Crippen molar-refractivity contribution in [2.45, 2.75) is 33.2 Å². The predicted octanol–water partition coefficient (Wildman–Crippen LogP) is 2.22. The van der Waals surface area contributed by atoms with Gasteiger partial charge in [-0.15, -0.1) is 0 Å². The monoisotopic (exact) mass is 265 g/mol. The lowest BCUT2D eigenvalue weighted by Gasteiger charge is -2.18. The minimum absolute atomic E-state index is 0.275. The number of ether oxygens (including phenoxy) is 2. The van der Waals surface area contributed by atoms with Crippen LogP contribution in [0.15, 0.2) is 18.2 Å². The topological polar surface area (TPSA) is 47.6 Å². The summed E-state index contributed by atoms with van der Waals surface area (Å²) in [6.07, 6.45) is 0.955. The maximum Gasteiger partial charge on any atom is 0.326 e. The standard InChI is InChI=1S/C15H23NO3/c1-5-9-16-13(15(17)18-4)10-19-14-8-6-7-11(2)12(14)3/h6-8,13,16H,5,9-10H2,1-4H3. The molecule has 106 valence electrons. The van der Waals surface area contributed by atoms with Crippen molar-refractivity contribution in [3.63, 3.8) is 0 Å². The molecule has 0 aromatic heterocycles. The molecule has 1 unspecified atom stereocenters. The lowest BCUT2D eigenvalue weighted by atomic mass is 10.1. The number of aryl methyl sites for hydroxylation is 1. The van der Waals surface area contributed by atoms with Crippen molar-refractivity contribution in [2.24, 2.45) is 0 Å². The summed E-state index contributed by atoms with van der Waals surface area (Å²) in [7, 11) is 1.39. The summed E-state index contributed by atoms with van der Waals surface area (Å²) in [6.45, 7) is 7.13. The minimum Gasteiger partial charge on any atom is -0.491 e. The third-order valence-electron chi connectivity index (χ3n) is 3.09. The van der Waals surface area contributed by atoms with Crippen molar-refractivity contribution < 1.29 is 14.3 Å². The molecule has 19 heavy (non-hydrogen) atoms. The fourth-order valence-electron chi connectivity index (χ4n) is 1.72. The lowest BCUT2D eigenvalue weighted by molar-refractivity contribution is -0.143. The van der Waals surface area contributed by atoms with Crippen LogP contribution in [0.5, 0.6) is 5.75 Å². The van der Waals surface area contributed by atoms with Crippen LogP contribution in [0.2, 0.25) is 0 Å². The number of hydrogen-bond acceptors (Lipinski definition) is 4. The second-order valence-corrected chi connectivity index (χ2v) is 4.54. The van der Waals surface area contributed by atoms with E-state index >= 15 is 0 Å². The van der Waals surface area contributed by atoms with Gasteiger partial charge in [0.25, 0.3) is 0 Å². The summed E-state index contributed by atoms with van der Waals surface area (Å²) in [6, 6.07) is 5.47. The summed E-state index contributed by atoms with van der Waals surface area (Å²) in [5, 5.41) is 3.12. The second-order valence-electron chi connectivity index (χ2n) is 4.54. The van der Waals surface area contributed by atoms with Gasteiger partial charge in [0.05, 0.1) is 7.11 Å². The Morgan fingerprint density at radius 2 is 2.11 bits per heavy atom. The van der Waals surface area contributed by atoms with E-state index in [1.807, 2.05) is 39.0 Å². The van der Waals surface area contributed by atoms with Crippen LogP contribution in [-0.2, 0) is 9.53 Å². The zero-order valence-corrected chi connectivity index (χ0v) is 12.2.